The molecule has 3 rings (SSSR count). The Hall–Kier alpha value is -1.75. The molecule has 0 N–H and O–H groups in total. The Kier molecular flexibility index (Phi) is 3.76. The molecule has 1 aromatic heterocycles. The summed E-state index contributed by atoms with van der Waals surface area (Å²) in [5, 5.41) is 0.789. The highest BCUT2D eigenvalue weighted by Crippen LogP contribution is 2.39. The molecule has 2 aromatic rings. The summed E-state index contributed by atoms with van der Waals surface area (Å²) in [7, 11) is 0. The Balaban J connectivity index is 2.02. The van der Waals surface area contributed by atoms with Crippen LogP contribution < -0.4 is 4.90 Å². The third-order valence-electron chi connectivity index (χ3n) is 4.03. The number of aldehydes is 1. The molecule has 0 amide bonds. The van der Waals surface area contributed by atoms with Crippen molar-refractivity contribution >= 4 is 28.4 Å². The smallest absolute Gasteiger partial charge is 0.190 e. The lowest BCUT2D eigenvalue weighted by atomic mass is 10.0. The van der Waals surface area contributed by atoms with Gasteiger partial charge in [0, 0.05) is 12.2 Å². The summed E-state index contributed by atoms with van der Waals surface area (Å²) in [5.74, 6) is 0.0137. The summed E-state index contributed by atoms with van der Waals surface area (Å²) < 4.78 is 13.5. The van der Waals surface area contributed by atoms with Crippen LogP contribution in [0.3, 0.4) is 0 Å². The number of nitrogens with zero attached hydrogens (tertiary/aromatic N) is 2. The van der Waals surface area contributed by atoms with Gasteiger partial charge >= 0.3 is 0 Å². The van der Waals surface area contributed by atoms with Crippen LogP contribution in [0.5, 0.6) is 0 Å². The van der Waals surface area contributed by atoms with E-state index in [0.29, 0.717) is 4.88 Å². The fraction of sp³-hybridized carbons (Fsp3) is 0.375. The van der Waals surface area contributed by atoms with Gasteiger partial charge in [-0.05, 0) is 36.5 Å². The molecular formula is C16H17FN2OS. The van der Waals surface area contributed by atoms with Gasteiger partial charge in [0.2, 0.25) is 0 Å². The quantitative estimate of drug-likeness (QED) is 0.789. The molecule has 0 saturated carbocycles. The SMILES string of the molecule is CCC(C)c1nc(N2CCc3ccc(F)cc32)sc1C=O. The van der Waals surface area contributed by atoms with Crippen molar-refractivity contribution in [3.05, 3.63) is 40.2 Å². The van der Waals surface area contributed by atoms with E-state index in [2.05, 4.69) is 18.8 Å². The number of rotatable bonds is 4. The van der Waals surface area contributed by atoms with Crippen molar-refractivity contribution < 1.29 is 9.18 Å². The summed E-state index contributed by atoms with van der Waals surface area (Å²) in [4.78, 5) is 18.6. The summed E-state index contributed by atoms with van der Waals surface area (Å²) in [6.45, 7) is 4.94. The average Bonchev–Trinajstić information content (AvgIpc) is 3.09. The summed E-state index contributed by atoms with van der Waals surface area (Å²) in [5.41, 5.74) is 2.86. The number of hydrogen-bond donors (Lipinski definition) is 0. The number of thiazole rings is 1. The highest BCUT2D eigenvalue weighted by atomic mass is 32.1. The summed E-state index contributed by atoms with van der Waals surface area (Å²) in [6, 6.07) is 4.87. The van der Waals surface area contributed by atoms with Crippen LogP contribution in [0.25, 0.3) is 0 Å². The number of carbonyl (C=O) groups excluding carboxylic acids is 1. The largest absolute Gasteiger partial charge is 0.317 e. The van der Waals surface area contributed by atoms with E-state index in [9.17, 15) is 9.18 Å². The van der Waals surface area contributed by atoms with Crippen molar-refractivity contribution in [1.29, 1.82) is 0 Å². The number of hydrogen-bond acceptors (Lipinski definition) is 4. The first-order valence-corrected chi connectivity index (χ1v) is 7.97. The van der Waals surface area contributed by atoms with Gasteiger partial charge in [-0.1, -0.05) is 31.3 Å². The maximum absolute atomic E-state index is 13.5. The molecular weight excluding hydrogens is 287 g/mol. The van der Waals surface area contributed by atoms with Gasteiger partial charge in [-0.2, -0.15) is 0 Å². The predicted octanol–water partition coefficient (Wildman–Crippen LogP) is 4.30. The van der Waals surface area contributed by atoms with Gasteiger partial charge in [-0.25, -0.2) is 9.37 Å². The molecule has 1 aliphatic heterocycles. The second-order valence-corrected chi connectivity index (χ2v) is 6.36. The molecule has 1 aromatic carbocycles. The normalized spacial score (nSPS) is 15.1. The van der Waals surface area contributed by atoms with Crippen LogP contribution in [0.15, 0.2) is 18.2 Å². The monoisotopic (exact) mass is 304 g/mol. The highest BCUT2D eigenvalue weighted by molar-refractivity contribution is 7.17. The van der Waals surface area contributed by atoms with Crippen LogP contribution in [0, 0.1) is 5.82 Å². The molecule has 0 spiro atoms. The van der Waals surface area contributed by atoms with E-state index >= 15 is 0 Å². The molecule has 1 unspecified atom stereocenters. The van der Waals surface area contributed by atoms with Gasteiger partial charge in [0.05, 0.1) is 10.6 Å². The maximum atomic E-state index is 13.5. The minimum Gasteiger partial charge on any atom is -0.317 e. The number of anilines is 2. The predicted molar refractivity (Wildman–Crippen MR) is 83.3 cm³/mol. The average molecular weight is 304 g/mol. The van der Waals surface area contributed by atoms with E-state index in [4.69, 9.17) is 0 Å². The molecule has 3 nitrogen and oxygen atoms in total. The Morgan fingerprint density at radius 3 is 3.05 bits per heavy atom. The Morgan fingerprint density at radius 1 is 1.52 bits per heavy atom. The van der Waals surface area contributed by atoms with Crippen LogP contribution in [-0.2, 0) is 6.42 Å². The lowest BCUT2D eigenvalue weighted by Crippen LogP contribution is -2.13. The maximum Gasteiger partial charge on any atom is 0.190 e. The second kappa shape index (κ2) is 5.56. The first-order chi connectivity index (χ1) is 10.1. The van der Waals surface area contributed by atoms with Crippen LogP contribution in [0.2, 0.25) is 0 Å². The third-order valence-corrected chi connectivity index (χ3v) is 5.05. The van der Waals surface area contributed by atoms with Crippen LogP contribution >= 0.6 is 11.3 Å². The molecule has 1 aliphatic rings. The minimum absolute atomic E-state index is 0.241. The molecule has 110 valence electrons. The van der Waals surface area contributed by atoms with Crippen molar-refractivity contribution in [2.24, 2.45) is 0 Å². The zero-order valence-electron chi connectivity index (χ0n) is 12.1. The minimum atomic E-state index is -0.241. The first kappa shape index (κ1) is 14.2. The van der Waals surface area contributed by atoms with Crippen molar-refractivity contribution in [1.82, 2.24) is 4.98 Å². The fourth-order valence-corrected chi connectivity index (χ4v) is 3.67. The van der Waals surface area contributed by atoms with E-state index in [1.54, 1.807) is 6.07 Å². The molecule has 21 heavy (non-hydrogen) atoms. The van der Waals surface area contributed by atoms with Crippen molar-refractivity contribution in [2.45, 2.75) is 32.6 Å². The van der Waals surface area contributed by atoms with E-state index in [0.717, 1.165) is 47.7 Å². The topological polar surface area (TPSA) is 33.2 Å². The molecule has 0 aliphatic carbocycles. The first-order valence-electron chi connectivity index (χ1n) is 7.16. The Bertz CT molecular complexity index is 683. The van der Waals surface area contributed by atoms with E-state index in [-0.39, 0.29) is 11.7 Å². The van der Waals surface area contributed by atoms with Crippen LogP contribution in [0.4, 0.5) is 15.2 Å². The molecule has 2 heterocycles. The molecule has 0 fully saturated rings. The van der Waals surface area contributed by atoms with Gasteiger partial charge in [0.25, 0.3) is 0 Å². The van der Waals surface area contributed by atoms with Gasteiger partial charge in [-0.15, -0.1) is 0 Å². The zero-order chi connectivity index (χ0) is 15.0. The Morgan fingerprint density at radius 2 is 2.33 bits per heavy atom. The van der Waals surface area contributed by atoms with Crippen molar-refractivity contribution in [2.75, 3.05) is 11.4 Å². The molecule has 0 saturated heterocycles. The zero-order valence-corrected chi connectivity index (χ0v) is 12.9. The van der Waals surface area contributed by atoms with Crippen molar-refractivity contribution in [3.63, 3.8) is 0 Å². The highest BCUT2D eigenvalue weighted by Gasteiger charge is 2.25. The van der Waals surface area contributed by atoms with Gasteiger partial charge in [0.15, 0.2) is 11.4 Å². The van der Waals surface area contributed by atoms with Crippen LogP contribution in [-0.4, -0.2) is 17.8 Å². The Labute approximate surface area is 127 Å². The van der Waals surface area contributed by atoms with E-state index in [1.807, 2.05) is 11.0 Å². The lowest BCUT2D eigenvalue weighted by molar-refractivity contribution is 0.112. The summed E-state index contributed by atoms with van der Waals surface area (Å²) in [6.07, 6.45) is 2.70. The molecule has 5 heteroatoms. The molecule has 1 atom stereocenters. The fourth-order valence-electron chi connectivity index (χ4n) is 2.63. The number of carbonyl (C=O) groups is 1. The standard InChI is InChI=1S/C16H17FN2OS/c1-3-10(2)15-14(9-20)21-16(18-15)19-7-6-11-4-5-12(17)8-13(11)19/h4-5,8-10H,3,6-7H2,1-2H3. The van der Waals surface area contributed by atoms with E-state index < -0.39 is 0 Å². The summed E-state index contributed by atoms with van der Waals surface area (Å²) >= 11 is 1.39. The number of benzene rings is 1. The second-order valence-electron chi connectivity index (χ2n) is 5.35. The van der Waals surface area contributed by atoms with E-state index in [1.165, 1.54) is 17.4 Å². The third kappa shape index (κ3) is 2.46. The number of fused-ring (bicyclic) bond motifs is 1. The number of halogens is 1. The van der Waals surface area contributed by atoms with Gasteiger partial charge in [0.1, 0.15) is 5.82 Å². The van der Waals surface area contributed by atoms with Gasteiger partial charge in [-0.3, -0.25) is 4.79 Å². The van der Waals surface area contributed by atoms with Gasteiger partial charge < -0.3 is 4.90 Å². The lowest BCUT2D eigenvalue weighted by Gasteiger charge is -2.15. The number of aromatic nitrogens is 1. The molecule has 0 radical (unpaired) electrons. The van der Waals surface area contributed by atoms with Crippen LogP contribution in [0.1, 0.15) is 47.1 Å². The van der Waals surface area contributed by atoms with Crippen molar-refractivity contribution in [3.8, 4) is 0 Å². The molecule has 0 bridgehead atoms.